The second-order valence-corrected chi connectivity index (χ2v) is 12.7. The molecule has 257 valence electrons. The van der Waals surface area contributed by atoms with Crippen molar-refractivity contribution in [3.05, 3.63) is 101 Å². The topological polar surface area (TPSA) is 99.1 Å². The molecule has 2 aliphatic rings. The lowest BCUT2D eigenvalue weighted by Gasteiger charge is -2.35. The number of carbonyl (C=O) groups excluding carboxylic acids is 2. The quantitative estimate of drug-likeness (QED) is 0.189. The molecular weight excluding hydrogens is 632 g/mol. The molecule has 0 spiro atoms. The lowest BCUT2D eigenvalue weighted by molar-refractivity contribution is -0.152. The molecule has 3 atom stereocenters. The molecule has 9 nitrogen and oxygen atoms in total. The van der Waals surface area contributed by atoms with E-state index < -0.39 is 41.0 Å². The monoisotopic (exact) mass is 672 g/mol. The standard InChI is InChI=1S/C38H40F2N3O6/c1-5-27(49-37(45)23(3)25-11-14-28(31(39)17-25)24-9-7-6-8-10-24)21-48-38(46)30-20-43(26-12-13-26)33-29(35(30)44)18-32(40)34(36(33)47-4)42-16-15-41-22(2)19-42/h6-11,14,17-18,20,22-23,26-27,41H,1,5,12-13,15-16,19,21H2,2-4H3. The fraction of sp³-hybridized carbons (Fsp3) is 0.368. The van der Waals surface area contributed by atoms with E-state index in [1.165, 1.54) is 25.4 Å². The number of nitrogens with zero attached hydrogens (tertiary/aromatic N) is 2. The summed E-state index contributed by atoms with van der Waals surface area (Å²) in [6.45, 7) is 8.86. The molecule has 3 unspecified atom stereocenters. The van der Waals surface area contributed by atoms with Gasteiger partial charge >= 0.3 is 11.9 Å². The number of nitrogens with one attached hydrogen (secondary N) is 1. The van der Waals surface area contributed by atoms with Gasteiger partial charge in [0.25, 0.3) is 0 Å². The summed E-state index contributed by atoms with van der Waals surface area (Å²) in [7, 11) is 1.45. The Hall–Kier alpha value is -4.77. The summed E-state index contributed by atoms with van der Waals surface area (Å²) in [6.07, 6.45) is 2.26. The minimum Gasteiger partial charge on any atom is -0.492 e. The smallest absolute Gasteiger partial charge is 0.343 e. The first kappa shape index (κ1) is 34.1. The molecule has 3 aromatic carbocycles. The van der Waals surface area contributed by atoms with Gasteiger partial charge in [-0.25, -0.2) is 13.6 Å². The van der Waals surface area contributed by atoms with Crippen LogP contribution in [0.15, 0.2) is 65.6 Å². The normalized spacial score (nSPS) is 17.4. The van der Waals surface area contributed by atoms with Gasteiger partial charge in [-0.2, -0.15) is 0 Å². The molecule has 6 rings (SSSR count). The molecule has 4 aromatic rings. The van der Waals surface area contributed by atoms with Crippen molar-refractivity contribution in [3.8, 4) is 16.9 Å². The number of aromatic nitrogens is 1. The molecule has 1 N–H and O–H groups in total. The van der Waals surface area contributed by atoms with Crippen LogP contribution in [0.25, 0.3) is 22.0 Å². The van der Waals surface area contributed by atoms with Crippen LogP contribution in [0.4, 0.5) is 14.5 Å². The van der Waals surface area contributed by atoms with Crippen molar-refractivity contribution >= 4 is 28.5 Å². The van der Waals surface area contributed by atoms with Gasteiger partial charge in [-0.05, 0) is 63.3 Å². The van der Waals surface area contributed by atoms with E-state index in [0.717, 1.165) is 18.4 Å². The fourth-order valence-electron chi connectivity index (χ4n) is 6.33. The highest BCUT2D eigenvalue weighted by Gasteiger charge is 2.33. The van der Waals surface area contributed by atoms with E-state index in [1.54, 1.807) is 31.2 Å². The number of hydrogen-bond acceptors (Lipinski definition) is 8. The van der Waals surface area contributed by atoms with Crippen LogP contribution >= 0.6 is 0 Å². The summed E-state index contributed by atoms with van der Waals surface area (Å²) in [5.41, 5.74) is 1.33. The first-order valence-corrected chi connectivity index (χ1v) is 16.6. The molecule has 0 bridgehead atoms. The van der Waals surface area contributed by atoms with Crippen molar-refractivity contribution in [2.75, 3.05) is 38.3 Å². The molecule has 2 heterocycles. The Morgan fingerprint density at radius 1 is 1.08 bits per heavy atom. The summed E-state index contributed by atoms with van der Waals surface area (Å²) < 4.78 is 49.4. The molecule has 1 aromatic heterocycles. The molecular formula is C38H40F2N3O6. The zero-order valence-electron chi connectivity index (χ0n) is 27.8. The summed E-state index contributed by atoms with van der Waals surface area (Å²) in [6, 6.07) is 15.0. The molecule has 1 aliphatic carbocycles. The highest BCUT2D eigenvalue weighted by Crippen LogP contribution is 2.44. The van der Waals surface area contributed by atoms with Crippen molar-refractivity contribution in [3.63, 3.8) is 0 Å². The number of piperazine rings is 1. The van der Waals surface area contributed by atoms with E-state index in [-0.39, 0.29) is 47.5 Å². The number of methoxy groups -OCH3 is 1. The Kier molecular flexibility index (Phi) is 10.0. The van der Waals surface area contributed by atoms with Crippen LogP contribution in [-0.4, -0.2) is 62.0 Å². The highest BCUT2D eigenvalue weighted by atomic mass is 19.1. The zero-order valence-corrected chi connectivity index (χ0v) is 27.8. The largest absolute Gasteiger partial charge is 0.492 e. The highest BCUT2D eigenvalue weighted by molar-refractivity contribution is 5.98. The van der Waals surface area contributed by atoms with Gasteiger partial charge in [-0.15, -0.1) is 0 Å². The second-order valence-electron chi connectivity index (χ2n) is 12.7. The average Bonchev–Trinajstić information content (AvgIpc) is 3.95. The molecule has 1 saturated carbocycles. The molecule has 11 heteroatoms. The number of benzene rings is 3. The first-order valence-electron chi connectivity index (χ1n) is 16.6. The lowest BCUT2D eigenvalue weighted by Crippen LogP contribution is -2.49. The molecule has 1 radical (unpaired) electrons. The third-order valence-electron chi connectivity index (χ3n) is 9.18. The summed E-state index contributed by atoms with van der Waals surface area (Å²) >= 11 is 0. The summed E-state index contributed by atoms with van der Waals surface area (Å²) in [5.74, 6) is -3.21. The van der Waals surface area contributed by atoms with Gasteiger partial charge in [-0.3, -0.25) is 9.59 Å². The Bertz CT molecular complexity index is 1930. The molecule has 1 saturated heterocycles. The number of halogens is 2. The van der Waals surface area contributed by atoms with Crippen LogP contribution in [0, 0.1) is 18.6 Å². The SMILES string of the molecule is [CH2]CC(COC(=O)c1cn(C2CC2)c2c(OC)c(N3CCNC(C)C3)c(F)cc2c1=O)OC(=O)C(C)c1ccc(-c2ccccc2)c(F)c1. The van der Waals surface area contributed by atoms with Crippen LogP contribution in [0.1, 0.15) is 61.0 Å². The van der Waals surface area contributed by atoms with Gasteiger partial charge < -0.3 is 29.0 Å². The maximum atomic E-state index is 15.8. The van der Waals surface area contributed by atoms with Crippen molar-refractivity contribution in [2.45, 2.75) is 57.2 Å². The molecule has 1 aliphatic heterocycles. The Labute approximate surface area is 283 Å². The van der Waals surface area contributed by atoms with E-state index in [4.69, 9.17) is 14.2 Å². The number of rotatable bonds is 11. The first-order chi connectivity index (χ1) is 23.6. The van der Waals surface area contributed by atoms with Crippen molar-refractivity contribution < 1.29 is 32.6 Å². The lowest BCUT2D eigenvalue weighted by atomic mass is 9.97. The second kappa shape index (κ2) is 14.4. The van der Waals surface area contributed by atoms with Crippen LogP contribution in [0.2, 0.25) is 0 Å². The fourth-order valence-corrected chi connectivity index (χ4v) is 6.33. The zero-order chi connectivity index (χ0) is 34.8. The number of ether oxygens (including phenoxy) is 3. The summed E-state index contributed by atoms with van der Waals surface area (Å²) in [4.78, 5) is 42.0. The number of carbonyl (C=O) groups is 2. The van der Waals surface area contributed by atoms with Crippen LogP contribution in [-0.2, 0) is 14.3 Å². The number of esters is 2. The van der Waals surface area contributed by atoms with Gasteiger partial charge in [0, 0.05) is 43.5 Å². The van der Waals surface area contributed by atoms with E-state index in [0.29, 0.717) is 36.3 Å². The number of pyridine rings is 1. The van der Waals surface area contributed by atoms with Crippen molar-refractivity contribution in [2.24, 2.45) is 0 Å². The van der Waals surface area contributed by atoms with Crippen molar-refractivity contribution in [1.82, 2.24) is 9.88 Å². The Morgan fingerprint density at radius 2 is 1.84 bits per heavy atom. The molecule has 2 fully saturated rings. The van der Waals surface area contributed by atoms with E-state index in [9.17, 15) is 18.8 Å². The van der Waals surface area contributed by atoms with Gasteiger partial charge in [0.15, 0.2) is 11.6 Å². The number of anilines is 1. The number of hydrogen-bond donors (Lipinski definition) is 1. The predicted octanol–water partition coefficient (Wildman–Crippen LogP) is 6.18. The Morgan fingerprint density at radius 3 is 2.49 bits per heavy atom. The van der Waals surface area contributed by atoms with Crippen LogP contribution in [0.3, 0.4) is 0 Å². The average molecular weight is 673 g/mol. The maximum absolute atomic E-state index is 15.8. The maximum Gasteiger partial charge on any atom is 0.343 e. The van der Waals surface area contributed by atoms with E-state index >= 15 is 4.39 Å². The number of fused-ring (bicyclic) bond motifs is 1. The summed E-state index contributed by atoms with van der Waals surface area (Å²) in [5, 5.41) is 3.36. The van der Waals surface area contributed by atoms with E-state index in [2.05, 4.69) is 12.2 Å². The third kappa shape index (κ3) is 7.03. The minimum absolute atomic E-state index is 0.00503. The van der Waals surface area contributed by atoms with E-state index in [1.807, 2.05) is 34.6 Å². The van der Waals surface area contributed by atoms with Gasteiger partial charge in [0.2, 0.25) is 5.43 Å². The predicted molar refractivity (Wildman–Crippen MR) is 183 cm³/mol. The third-order valence-corrected chi connectivity index (χ3v) is 9.18. The van der Waals surface area contributed by atoms with Gasteiger partial charge in [0.05, 0.1) is 23.9 Å². The molecule has 49 heavy (non-hydrogen) atoms. The van der Waals surface area contributed by atoms with Crippen LogP contribution in [0.5, 0.6) is 5.75 Å². The van der Waals surface area contributed by atoms with Crippen LogP contribution < -0.4 is 20.4 Å². The minimum atomic E-state index is -0.929. The van der Waals surface area contributed by atoms with Gasteiger partial charge in [-0.1, -0.05) is 42.5 Å². The Balaban J connectivity index is 1.19. The molecule has 0 amide bonds. The van der Waals surface area contributed by atoms with Crippen molar-refractivity contribution in [1.29, 1.82) is 0 Å². The van der Waals surface area contributed by atoms with Gasteiger partial charge in [0.1, 0.15) is 29.8 Å².